The number of rotatable bonds is 5. The minimum atomic E-state index is -3.90. The Morgan fingerprint density at radius 1 is 1.48 bits per heavy atom. The first kappa shape index (κ1) is 15.7. The number of carbonyl (C=O) groups is 1. The first-order valence-corrected chi connectivity index (χ1v) is 8.31. The van der Waals surface area contributed by atoms with Crippen LogP contribution in [-0.2, 0) is 21.9 Å². The SMILES string of the molecule is Cc1cc(C)c(S(=O)(=O)NC(C(=O)O)c2cnn(C)c2)s1. The van der Waals surface area contributed by atoms with Gasteiger partial charge in [0.1, 0.15) is 10.3 Å². The van der Waals surface area contributed by atoms with Crippen molar-refractivity contribution in [2.45, 2.75) is 24.1 Å². The van der Waals surface area contributed by atoms with Gasteiger partial charge in [0.05, 0.1) is 6.20 Å². The molecule has 2 N–H and O–H groups in total. The van der Waals surface area contributed by atoms with Crippen LogP contribution in [0.3, 0.4) is 0 Å². The fourth-order valence-corrected chi connectivity index (χ4v) is 4.81. The number of aliphatic carboxylic acids is 1. The smallest absolute Gasteiger partial charge is 0.326 e. The Bertz CT molecular complexity index is 776. The fraction of sp³-hybridized carbons (Fsp3) is 0.333. The maximum Gasteiger partial charge on any atom is 0.326 e. The summed E-state index contributed by atoms with van der Waals surface area (Å²) in [5.74, 6) is -1.28. The number of aryl methyl sites for hydroxylation is 3. The summed E-state index contributed by atoms with van der Waals surface area (Å²) < 4.78 is 28.5. The van der Waals surface area contributed by atoms with E-state index < -0.39 is 22.0 Å². The number of carboxylic acids is 1. The van der Waals surface area contributed by atoms with Gasteiger partial charge in [-0.25, -0.2) is 8.42 Å². The molecule has 0 radical (unpaired) electrons. The Kier molecular flexibility index (Phi) is 4.17. The van der Waals surface area contributed by atoms with Gasteiger partial charge in [-0.2, -0.15) is 9.82 Å². The van der Waals surface area contributed by atoms with Crippen LogP contribution in [0, 0.1) is 13.8 Å². The van der Waals surface area contributed by atoms with Gasteiger partial charge >= 0.3 is 5.97 Å². The van der Waals surface area contributed by atoms with Crippen molar-refractivity contribution in [2.75, 3.05) is 0 Å². The zero-order chi connectivity index (χ0) is 15.8. The summed E-state index contributed by atoms with van der Waals surface area (Å²) in [7, 11) is -2.27. The number of hydrogen-bond acceptors (Lipinski definition) is 5. The van der Waals surface area contributed by atoms with Gasteiger partial charge in [-0.15, -0.1) is 11.3 Å². The summed E-state index contributed by atoms with van der Waals surface area (Å²) in [4.78, 5) is 12.2. The maximum atomic E-state index is 12.4. The van der Waals surface area contributed by atoms with Crippen LogP contribution in [0.5, 0.6) is 0 Å². The lowest BCUT2D eigenvalue weighted by Gasteiger charge is -2.12. The highest BCUT2D eigenvalue weighted by atomic mass is 32.2. The average molecular weight is 329 g/mol. The molecule has 21 heavy (non-hydrogen) atoms. The van der Waals surface area contributed by atoms with Crippen molar-refractivity contribution in [2.24, 2.45) is 7.05 Å². The Balaban J connectivity index is 2.37. The molecular weight excluding hydrogens is 314 g/mol. The van der Waals surface area contributed by atoms with Gasteiger partial charge in [0.15, 0.2) is 0 Å². The lowest BCUT2D eigenvalue weighted by Crippen LogP contribution is -2.33. The molecule has 1 atom stereocenters. The topological polar surface area (TPSA) is 101 Å². The number of sulfonamides is 1. The van der Waals surface area contributed by atoms with Crippen LogP contribution in [0.15, 0.2) is 22.7 Å². The number of carboxylic acid groups (broad SMARTS) is 1. The molecule has 1 unspecified atom stereocenters. The first-order chi connectivity index (χ1) is 9.70. The van der Waals surface area contributed by atoms with Crippen LogP contribution in [0.4, 0.5) is 0 Å². The van der Waals surface area contributed by atoms with E-state index in [-0.39, 0.29) is 9.77 Å². The predicted octanol–water partition coefficient (Wildman–Crippen LogP) is 1.20. The third-order valence-corrected chi connectivity index (χ3v) is 6.03. The van der Waals surface area contributed by atoms with Crippen molar-refractivity contribution in [3.05, 3.63) is 34.5 Å². The number of nitrogens with one attached hydrogen (secondary N) is 1. The summed E-state index contributed by atoms with van der Waals surface area (Å²) in [6.07, 6.45) is 2.79. The van der Waals surface area contributed by atoms with Crippen LogP contribution in [0.1, 0.15) is 22.0 Å². The molecule has 2 aromatic heterocycles. The Labute approximate surface area is 126 Å². The monoisotopic (exact) mass is 329 g/mol. The molecule has 7 nitrogen and oxygen atoms in total. The normalized spacial score (nSPS) is 13.3. The van der Waals surface area contributed by atoms with E-state index >= 15 is 0 Å². The molecule has 0 aromatic carbocycles. The van der Waals surface area contributed by atoms with Crippen molar-refractivity contribution in [1.29, 1.82) is 0 Å². The molecule has 0 aliphatic carbocycles. The predicted molar refractivity (Wildman–Crippen MR) is 77.7 cm³/mol. The second-order valence-electron chi connectivity index (χ2n) is 4.67. The second kappa shape index (κ2) is 5.58. The lowest BCUT2D eigenvalue weighted by atomic mass is 10.2. The molecule has 0 aliphatic heterocycles. The Hall–Kier alpha value is -1.71. The highest BCUT2D eigenvalue weighted by Gasteiger charge is 2.29. The molecule has 2 rings (SSSR count). The third kappa shape index (κ3) is 3.31. The highest BCUT2D eigenvalue weighted by molar-refractivity contribution is 7.91. The lowest BCUT2D eigenvalue weighted by molar-refractivity contribution is -0.139. The van der Waals surface area contributed by atoms with Crippen molar-refractivity contribution in [3.8, 4) is 0 Å². The minimum absolute atomic E-state index is 0.134. The molecule has 0 amide bonds. The number of aromatic nitrogens is 2. The first-order valence-electron chi connectivity index (χ1n) is 6.01. The third-order valence-electron chi connectivity index (χ3n) is 2.82. The average Bonchev–Trinajstić information content (AvgIpc) is 2.92. The quantitative estimate of drug-likeness (QED) is 0.858. The molecule has 9 heteroatoms. The number of nitrogens with zero attached hydrogens (tertiary/aromatic N) is 2. The molecule has 0 fully saturated rings. The second-order valence-corrected chi connectivity index (χ2v) is 7.83. The van der Waals surface area contributed by atoms with E-state index in [2.05, 4.69) is 9.82 Å². The van der Waals surface area contributed by atoms with Crippen molar-refractivity contribution in [1.82, 2.24) is 14.5 Å². The van der Waals surface area contributed by atoms with E-state index in [0.717, 1.165) is 16.2 Å². The molecule has 0 saturated heterocycles. The van der Waals surface area contributed by atoms with Gasteiger partial charge in [-0.1, -0.05) is 0 Å². The van der Waals surface area contributed by atoms with Crippen molar-refractivity contribution < 1.29 is 18.3 Å². The van der Waals surface area contributed by atoms with Crippen molar-refractivity contribution >= 4 is 27.3 Å². The summed E-state index contributed by atoms with van der Waals surface area (Å²) in [6.45, 7) is 3.48. The standard InChI is InChI=1S/C12H15N3O4S2/c1-7-4-8(2)20-12(7)21(18,19)14-10(11(16)17)9-5-13-15(3)6-9/h4-6,10,14H,1-3H3,(H,16,17). The van der Waals surface area contributed by atoms with Gasteiger partial charge < -0.3 is 5.11 Å². The molecule has 0 saturated carbocycles. The zero-order valence-corrected chi connectivity index (χ0v) is 13.3. The number of thiophene rings is 1. The van der Waals surface area contributed by atoms with Gasteiger partial charge in [0.2, 0.25) is 0 Å². The van der Waals surface area contributed by atoms with E-state index in [4.69, 9.17) is 0 Å². The van der Waals surface area contributed by atoms with Crippen LogP contribution in [0.2, 0.25) is 0 Å². The Morgan fingerprint density at radius 2 is 2.14 bits per heavy atom. The summed E-state index contributed by atoms with van der Waals surface area (Å²) in [5, 5.41) is 13.1. The molecular formula is C12H15N3O4S2. The molecule has 2 heterocycles. The fourth-order valence-electron chi connectivity index (χ4n) is 1.95. The van der Waals surface area contributed by atoms with Crippen LogP contribution in [-0.4, -0.2) is 29.3 Å². The molecule has 0 aliphatic rings. The maximum absolute atomic E-state index is 12.4. The van der Waals surface area contributed by atoms with Crippen LogP contribution >= 0.6 is 11.3 Å². The number of hydrogen-bond donors (Lipinski definition) is 2. The largest absolute Gasteiger partial charge is 0.480 e. The molecule has 0 spiro atoms. The van der Waals surface area contributed by atoms with E-state index in [1.165, 1.54) is 17.1 Å². The summed E-state index contributed by atoms with van der Waals surface area (Å²) in [6, 6.07) is 0.379. The van der Waals surface area contributed by atoms with Crippen LogP contribution in [0.25, 0.3) is 0 Å². The van der Waals surface area contributed by atoms with Crippen molar-refractivity contribution in [3.63, 3.8) is 0 Å². The van der Waals surface area contributed by atoms with Gasteiger partial charge in [-0.3, -0.25) is 9.48 Å². The van der Waals surface area contributed by atoms with E-state index in [9.17, 15) is 18.3 Å². The van der Waals surface area contributed by atoms with Gasteiger partial charge in [0.25, 0.3) is 10.0 Å². The summed E-state index contributed by atoms with van der Waals surface area (Å²) in [5.41, 5.74) is 0.875. The molecule has 114 valence electrons. The zero-order valence-electron chi connectivity index (χ0n) is 11.7. The minimum Gasteiger partial charge on any atom is -0.480 e. The van der Waals surface area contributed by atoms with Gasteiger partial charge in [0, 0.05) is 23.7 Å². The highest BCUT2D eigenvalue weighted by Crippen LogP contribution is 2.27. The molecule has 0 bridgehead atoms. The van der Waals surface area contributed by atoms with E-state index in [1.54, 1.807) is 27.0 Å². The van der Waals surface area contributed by atoms with Gasteiger partial charge in [-0.05, 0) is 25.5 Å². The summed E-state index contributed by atoms with van der Waals surface area (Å²) >= 11 is 1.11. The van der Waals surface area contributed by atoms with Crippen LogP contribution < -0.4 is 4.72 Å². The van der Waals surface area contributed by atoms with E-state index in [1.807, 2.05) is 0 Å². The molecule has 2 aromatic rings. The van der Waals surface area contributed by atoms with E-state index in [0.29, 0.717) is 5.56 Å². The Morgan fingerprint density at radius 3 is 2.57 bits per heavy atom.